The SMILES string of the molecule is N[C@H](C(=O)C(=O)C(Cl)Cl)[C@@H](O)[C@H](O)[C@H](O)CO. The van der Waals surface area contributed by atoms with Crippen molar-refractivity contribution in [3.05, 3.63) is 0 Å². The van der Waals surface area contributed by atoms with Gasteiger partial charge in [-0.1, -0.05) is 23.2 Å². The Morgan fingerprint density at radius 3 is 1.88 bits per heavy atom. The van der Waals surface area contributed by atoms with Crippen molar-refractivity contribution < 1.29 is 30.0 Å². The number of halogens is 2. The first kappa shape index (κ1) is 16.7. The lowest BCUT2D eigenvalue weighted by Crippen LogP contribution is -2.54. The van der Waals surface area contributed by atoms with Crippen LogP contribution < -0.4 is 5.73 Å². The number of ketones is 2. The maximum atomic E-state index is 11.3. The minimum absolute atomic E-state index is 0.847. The molecule has 0 aliphatic heterocycles. The summed E-state index contributed by atoms with van der Waals surface area (Å²) in [4.78, 5) is 20.7. The molecule has 0 radical (unpaired) electrons. The Kier molecular flexibility index (Phi) is 7.10. The Hall–Kier alpha value is -0.280. The molecule has 0 unspecified atom stereocenters. The van der Waals surface area contributed by atoms with E-state index in [2.05, 4.69) is 0 Å². The van der Waals surface area contributed by atoms with Gasteiger partial charge in [0.05, 0.1) is 6.61 Å². The summed E-state index contributed by atoms with van der Waals surface area (Å²) in [5.41, 5.74) is 5.20. The molecule has 0 aromatic carbocycles. The summed E-state index contributed by atoms with van der Waals surface area (Å²) in [5, 5.41) is 36.2. The highest BCUT2D eigenvalue weighted by Crippen LogP contribution is 2.09. The molecule has 0 saturated heterocycles. The van der Waals surface area contributed by atoms with Crippen molar-refractivity contribution in [2.24, 2.45) is 5.73 Å². The molecule has 0 amide bonds. The molecule has 17 heavy (non-hydrogen) atoms. The quantitative estimate of drug-likeness (QED) is 0.254. The fourth-order valence-corrected chi connectivity index (χ4v) is 1.19. The first-order chi connectivity index (χ1) is 7.73. The van der Waals surface area contributed by atoms with Crippen molar-refractivity contribution in [1.29, 1.82) is 0 Å². The third-order valence-electron chi connectivity index (χ3n) is 2.04. The summed E-state index contributed by atoms with van der Waals surface area (Å²) in [5.74, 6) is -2.51. The third kappa shape index (κ3) is 4.47. The Morgan fingerprint density at radius 1 is 1.06 bits per heavy atom. The van der Waals surface area contributed by atoms with Gasteiger partial charge < -0.3 is 26.2 Å². The van der Waals surface area contributed by atoms with Gasteiger partial charge in [0.25, 0.3) is 0 Å². The molecule has 0 aliphatic rings. The Bertz CT molecular complexity index is 287. The fraction of sp³-hybridized carbons (Fsp3) is 0.750. The van der Waals surface area contributed by atoms with Crippen molar-refractivity contribution in [3.63, 3.8) is 0 Å². The van der Waals surface area contributed by atoms with Crippen molar-refractivity contribution in [2.75, 3.05) is 6.61 Å². The van der Waals surface area contributed by atoms with E-state index in [1.807, 2.05) is 0 Å². The van der Waals surface area contributed by atoms with Crippen LogP contribution in [0.4, 0.5) is 0 Å². The number of Topliss-reactive ketones (excluding diaryl/α,β-unsaturated/α-hetero) is 2. The van der Waals surface area contributed by atoms with E-state index in [9.17, 15) is 19.8 Å². The Morgan fingerprint density at radius 2 is 1.53 bits per heavy atom. The van der Waals surface area contributed by atoms with Crippen LogP contribution in [-0.4, -0.2) is 67.8 Å². The Labute approximate surface area is 107 Å². The van der Waals surface area contributed by atoms with Gasteiger partial charge in [-0.25, -0.2) is 0 Å². The van der Waals surface area contributed by atoms with E-state index < -0.39 is 47.4 Å². The molecule has 6 N–H and O–H groups in total. The van der Waals surface area contributed by atoms with Crippen molar-refractivity contribution >= 4 is 34.8 Å². The van der Waals surface area contributed by atoms with E-state index in [1.54, 1.807) is 0 Å². The zero-order chi connectivity index (χ0) is 13.7. The number of rotatable bonds is 7. The van der Waals surface area contributed by atoms with Crippen LogP contribution in [-0.2, 0) is 9.59 Å². The van der Waals surface area contributed by atoms with Crippen molar-refractivity contribution in [1.82, 2.24) is 0 Å². The van der Waals surface area contributed by atoms with Crippen LogP contribution in [0.1, 0.15) is 0 Å². The number of hydrogen-bond acceptors (Lipinski definition) is 7. The third-order valence-corrected chi connectivity index (χ3v) is 2.44. The predicted molar refractivity (Wildman–Crippen MR) is 58.6 cm³/mol. The average molecular weight is 290 g/mol. The molecule has 0 spiro atoms. The summed E-state index contributed by atoms with van der Waals surface area (Å²) in [6, 6.07) is -1.79. The fourth-order valence-electron chi connectivity index (χ4n) is 0.975. The molecule has 4 atom stereocenters. The van der Waals surface area contributed by atoms with Gasteiger partial charge >= 0.3 is 0 Å². The van der Waals surface area contributed by atoms with E-state index in [4.69, 9.17) is 39.1 Å². The van der Waals surface area contributed by atoms with Gasteiger partial charge in [-0.05, 0) is 0 Å². The molecular weight excluding hydrogens is 277 g/mol. The van der Waals surface area contributed by atoms with Gasteiger partial charge in [0.1, 0.15) is 24.4 Å². The molecule has 0 aromatic heterocycles. The summed E-state index contributed by atoms with van der Waals surface area (Å²) < 4.78 is 0. The van der Waals surface area contributed by atoms with E-state index in [-0.39, 0.29) is 0 Å². The molecule has 0 rings (SSSR count). The number of carbonyl (C=O) groups excluding carboxylic acids is 2. The first-order valence-electron chi connectivity index (χ1n) is 4.50. The van der Waals surface area contributed by atoms with E-state index in [1.165, 1.54) is 0 Å². The molecule has 0 heterocycles. The standard InChI is InChI=1S/C8H13Cl2NO6/c9-8(10)7(17)6(16)3(11)5(15)4(14)2(13)1-12/h2-5,8,12-15H,1,11H2/t2-,3+,4-,5-/m1/s1. The lowest BCUT2D eigenvalue weighted by Gasteiger charge is -2.25. The maximum absolute atomic E-state index is 11.3. The van der Waals surface area contributed by atoms with E-state index in [0.29, 0.717) is 0 Å². The van der Waals surface area contributed by atoms with Crippen molar-refractivity contribution in [3.8, 4) is 0 Å². The molecule has 0 fully saturated rings. The normalized spacial score (nSPS) is 18.6. The summed E-state index contributed by atoms with van der Waals surface area (Å²) >= 11 is 10.3. The number of carbonyl (C=O) groups is 2. The van der Waals surface area contributed by atoms with Crippen LogP contribution in [0.25, 0.3) is 0 Å². The first-order valence-corrected chi connectivity index (χ1v) is 5.38. The molecular formula is C8H13Cl2NO6. The van der Waals surface area contributed by atoms with Gasteiger partial charge in [0, 0.05) is 0 Å². The second-order valence-corrected chi connectivity index (χ2v) is 4.38. The number of hydrogen-bond donors (Lipinski definition) is 5. The van der Waals surface area contributed by atoms with Gasteiger partial charge in [-0.2, -0.15) is 0 Å². The number of aliphatic hydroxyl groups is 4. The molecule has 0 aliphatic carbocycles. The molecule has 7 nitrogen and oxygen atoms in total. The minimum Gasteiger partial charge on any atom is -0.394 e. The zero-order valence-electron chi connectivity index (χ0n) is 8.53. The van der Waals surface area contributed by atoms with Gasteiger partial charge in [-0.3, -0.25) is 9.59 Å². The maximum Gasteiger partial charge on any atom is 0.232 e. The number of nitrogens with two attached hydrogens (primary N) is 1. The summed E-state index contributed by atoms with van der Waals surface area (Å²) in [6.07, 6.45) is -5.50. The highest BCUT2D eigenvalue weighted by atomic mass is 35.5. The monoisotopic (exact) mass is 289 g/mol. The predicted octanol–water partition coefficient (Wildman–Crippen LogP) is -2.67. The highest BCUT2D eigenvalue weighted by Gasteiger charge is 2.36. The van der Waals surface area contributed by atoms with Crippen LogP contribution in [0, 0.1) is 0 Å². The highest BCUT2D eigenvalue weighted by molar-refractivity contribution is 6.64. The topological polar surface area (TPSA) is 141 Å². The lowest BCUT2D eigenvalue weighted by atomic mass is 9.97. The molecule has 100 valence electrons. The van der Waals surface area contributed by atoms with Crippen LogP contribution >= 0.6 is 23.2 Å². The number of alkyl halides is 2. The van der Waals surface area contributed by atoms with Gasteiger partial charge in [0.2, 0.25) is 11.6 Å². The summed E-state index contributed by atoms with van der Waals surface area (Å²) in [7, 11) is 0. The molecule has 0 saturated carbocycles. The molecule has 0 bridgehead atoms. The zero-order valence-corrected chi connectivity index (χ0v) is 10.0. The molecule has 9 heteroatoms. The number of aliphatic hydroxyl groups excluding tert-OH is 4. The minimum atomic E-state index is -1.93. The van der Waals surface area contributed by atoms with Gasteiger partial charge in [-0.15, -0.1) is 0 Å². The van der Waals surface area contributed by atoms with Crippen molar-refractivity contribution in [2.45, 2.75) is 29.2 Å². The second-order valence-electron chi connectivity index (χ2n) is 3.29. The Balaban J connectivity index is 4.65. The summed E-state index contributed by atoms with van der Waals surface area (Å²) in [6.45, 7) is -0.847. The smallest absolute Gasteiger partial charge is 0.232 e. The van der Waals surface area contributed by atoms with Crippen LogP contribution in [0.3, 0.4) is 0 Å². The van der Waals surface area contributed by atoms with E-state index in [0.717, 1.165) is 0 Å². The largest absolute Gasteiger partial charge is 0.394 e. The van der Waals surface area contributed by atoms with Crippen LogP contribution in [0.5, 0.6) is 0 Å². The van der Waals surface area contributed by atoms with E-state index >= 15 is 0 Å². The van der Waals surface area contributed by atoms with Gasteiger partial charge in [0.15, 0.2) is 4.84 Å². The average Bonchev–Trinajstić information content (AvgIpc) is 2.32. The van der Waals surface area contributed by atoms with Crippen LogP contribution in [0.15, 0.2) is 0 Å². The lowest BCUT2D eigenvalue weighted by molar-refractivity contribution is -0.141. The second kappa shape index (κ2) is 7.22. The van der Waals surface area contributed by atoms with Crippen LogP contribution in [0.2, 0.25) is 0 Å². The molecule has 0 aromatic rings.